The molecule has 1 saturated heterocycles. The average molecular weight is 215 g/mol. The van der Waals surface area contributed by atoms with Gasteiger partial charge in [0.2, 0.25) is 0 Å². The maximum Gasteiger partial charge on any atom is 0.407 e. The Hall–Kier alpha value is -1.59. The number of carboxylic acid groups (broad SMARTS) is 2. The third-order valence-corrected chi connectivity index (χ3v) is 2.47. The van der Waals surface area contributed by atoms with Crippen LogP contribution >= 0.6 is 0 Å². The van der Waals surface area contributed by atoms with Gasteiger partial charge in [-0.1, -0.05) is 0 Å². The third-order valence-electron chi connectivity index (χ3n) is 2.47. The molecule has 1 aliphatic heterocycles. The number of carbonyl (C=O) groups is 3. The van der Waals surface area contributed by atoms with E-state index < -0.39 is 24.4 Å². The third kappa shape index (κ3) is 3.23. The van der Waals surface area contributed by atoms with E-state index in [9.17, 15) is 14.4 Å². The molecule has 1 heterocycles. The summed E-state index contributed by atoms with van der Waals surface area (Å²) in [6.45, 7) is 0.549. The molecule has 0 bridgehead atoms. The SMILES string of the molecule is O=C(O)CC(=O)[C@@H]1CCCN(C(=O)O)C1. The molecule has 6 heteroatoms. The second-order valence-corrected chi connectivity index (χ2v) is 3.60. The Morgan fingerprint density at radius 1 is 1.27 bits per heavy atom. The van der Waals surface area contributed by atoms with Crippen LogP contribution in [-0.2, 0) is 9.59 Å². The molecule has 84 valence electrons. The van der Waals surface area contributed by atoms with Gasteiger partial charge in [-0.2, -0.15) is 0 Å². The van der Waals surface area contributed by atoms with E-state index >= 15 is 0 Å². The first-order chi connectivity index (χ1) is 7.00. The van der Waals surface area contributed by atoms with E-state index in [1.807, 2.05) is 0 Å². The molecular weight excluding hydrogens is 202 g/mol. The summed E-state index contributed by atoms with van der Waals surface area (Å²) >= 11 is 0. The van der Waals surface area contributed by atoms with Crippen LogP contribution < -0.4 is 0 Å². The minimum Gasteiger partial charge on any atom is -0.481 e. The van der Waals surface area contributed by atoms with Gasteiger partial charge in [0, 0.05) is 19.0 Å². The fraction of sp³-hybridized carbons (Fsp3) is 0.667. The first kappa shape index (κ1) is 11.5. The number of carbonyl (C=O) groups excluding carboxylic acids is 1. The number of carboxylic acids is 1. The van der Waals surface area contributed by atoms with E-state index in [1.54, 1.807) is 0 Å². The second kappa shape index (κ2) is 4.77. The van der Waals surface area contributed by atoms with Crippen molar-refractivity contribution in [3.05, 3.63) is 0 Å². The highest BCUT2D eigenvalue weighted by molar-refractivity contribution is 5.96. The zero-order valence-corrected chi connectivity index (χ0v) is 8.18. The van der Waals surface area contributed by atoms with Crippen LogP contribution in [0.25, 0.3) is 0 Å². The number of rotatable bonds is 3. The van der Waals surface area contributed by atoms with Crippen LogP contribution in [0.1, 0.15) is 19.3 Å². The van der Waals surface area contributed by atoms with Crippen molar-refractivity contribution in [1.82, 2.24) is 4.90 Å². The number of ketones is 1. The van der Waals surface area contributed by atoms with Gasteiger partial charge in [-0.25, -0.2) is 4.79 Å². The van der Waals surface area contributed by atoms with Crippen molar-refractivity contribution < 1.29 is 24.6 Å². The first-order valence-electron chi connectivity index (χ1n) is 4.73. The minimum atomic E-state index is -1.16. The molecule has 0 aromatic rings. The summed E-state index contributed by atoms with van der Waals surface area (Å²) in [6.07, 6.45) is -0.376. The summed E-state index contributed by atoms with van der Waals surface area (Å²) < 4.78 is 0. The molecule has 0 aliphatic carbocycles. The highest BCUT2D eigenvalue weighted by atomic mass is 16.4. The highest BCUT2D eigenvalue weighted by Crippen LogP contribution is 2.18. The molecule has 0 spiro atoms. The number of hydrogen-bond acceptors (Lipinski definition) is 3. The van der Waals surface area contributed by atoms with Crippen molar-refractivity contribution in [1.29, 1.82) is 0 Å². The highest BCUT2D eigenvalue weighted by Gasteiger charge is 2.28. The number of piperidine rings is 1. The fourth-order valence-corrected chi connectivity index (χ4v) is 1.71. The van der Waals surface area contributed by atoms with Crippen molar-refractivity contribution in [3.8, 4) is 0 Å². The number of Topliss-reactive ketones (excluding diaryl/α,β-unsaturated/α-hetero) is 1. The molecule has 15 heavy (non-hydrogen) atoms. The van der Waals surface area contributed by atoms with Crippen LogP contribution in [0.15, 0.2) is 0 Å². The van der Waals surface area contributed by atoms with Crippen molar-refractivity contribution in [2.45, 2.75) is 19.3 Å². The Morgan fingerprint density at radius 3 is 2.47 bits per heavy atom. The second-order valence-electron chi connectivity index (χ2n) is 3.60. The van der Waals surface area contributed by atoms with Crippen molar-refractivity contribution in [2.24, 2.45) is 5.92 Å². The Kier molecular flexibility index (Phi) is 3.65. The Morgan fingerprint density at radius 2 is 1.93 bits per heavy atom. The average Bonchev–Trinajstić information content (AvgIpc) is 2.17. The lowest BCUT2D eigenvalue weighted by Crippen LogP contribution is -2.41. The fourth-order valence-electron chi connectivity index (χ4n) is 1.71. The Labute approximate surface area is 86.5 Å². The van der Waals surface area contributed by atoms with Crippen LogP contribution in [0, 0.1) is 5.92 Å². The van der Waals surface area contributed by atoms with Crippen molar-refractivity contribution in [2.75, 3.05) is 13.1 Å². The molecule has 6 nitrogen and oxygen atoms in total. The van der Waals surface area contributed by atoms with Gasteiger partial charge in [-0.15, -0.1) is 0 Å². The van der Waals surface area contributed by atoms with Gasteiger partial charge >= 0.3 is 12.1 Å². The molecule has 1 amide bonds. The van der Waals surface area contributed by atoms with Crippen LogP contribution in [0.2, 0.25) is 0 Å². The topological polar surface area (TPSA) is 94.9 Å². The summed E-state index contributed by atoms with van der Waals surface area (Å²) in [4.78, 5) is 33.5. The zero-order valence-electron chi connectivity index (χ0n) is 8.18. The monoisotopic (exact) mass is 215 g/mol. The molecule has 2 N–H and O–H groups in total. The number of aliphatic carboxylic acids is 1. The first-order valence-corrected chi connectivity index (χ1v) is 4.73. The van der Waals surface area contributed by atoms with Gasteiger partial charge in [-0.3, -0.25) is 9.59 Å². The maximum absolute atomic E-state index is 11.4. The molecule has 0 saturated carbocycles. The quantitative estimate of drug-likeness (QED) is 0.665. The summed E-state index contributed by atoms with van der Waals surface area (Å²) in [5.41, 5.74) is 0. The molecule has 1 aliphatic rings. The lowest BCUT2D eigenvalue weighted by Gasteiger charge is -2.29. The van der Waals surface area contributed by atoms with E-state index in [1.165, 1.54) is 0 Å². The number of likely N-dealkylation sites (tertiary alicyclic amines) is 1. The molecular formula is C9H13NO5. The van der Waals surface area contributed by atoms with E-state index in [4.69, 9.17) is 10.2 Å². The van der Waals surface area contributed by atoms with Crippen LogP contribution in [0.4, 0.5) is 4.79 Å². The smallest absolute Gasteiger partial charge is 0.407 e. The summed E-state index contributed by atoms with van der Waals surface area (Å²) in [6, 6.07) is 0. The summed E-state index contributed by atoms with van der Waals surface area (Å²) in [5, 5.41) is 17.2. The van der Waals surface area contributed by atoms with Gasteiger partial charge in [0.25, 0.3) is 0 Å². The lowest BCUT2D eigenvalue weighted by atomic mass is 9.92. The van der Waals surface area contributed by atoms with Gasteiger partial charge in [0.05, 0.1) is 0 Å². The van der Waals surface area contributed by atoms with Gasteiger partial charge in [0.15, 0.2) is 0 Å². The maximum atomic E-state index is 11.4. The van der Waals surface area contributed by atoms with E-state index in [-0.39, 0.29) is 12.3 Å². The van der Waals surface area contributed by atoms with Crippen LogP contribution in [0.3, 0.4) is 0 Å². The Balaban J connectivity index is 2.52. The molecule has 0 radical (unpaired) electrons. The summed E-state index contributed by atoms with van der Waals surface area (Å²) in [7, 11) is 0. The molecule has 1 atom stereocenters. The zero-order chi connectivity index (χ0) is 11.4. The van der Waals surface area contributed by atoms with Crippen molar-refractivity contribution in [3.63, 3.8) is 0 Å². The standard InChI is InChI=1S/C9H13NO5/c11-7(4-8(12)13)6-2-1-3-10(5-6)9(14)15/h6H,1-5H2,(H,12,13)(H,14,15)/t6-/m1/s1. The summed E-state index contributed by atoms with van der Waals surface area (Å²) in [5.74, 6) is -1.99. The Bertz CT molecular complexity index is 288. The lowest BCUT2D eigenvalue weighted by molar-refractivity contribution is -0.141. The molecule has 0 aromatic heterocycles. The van der Waals surface area contributed by atoms with Gasteiger partial charge in [0.1, 0.15) is 12.2 Å². The predicted molar refractivity (Wildman–Crippen MR) is 49.6 cm³/mol. The normalized spacial score (nSPS) is 21.1. The number of nitrogens with zero attached hydrogens (tertiary/aromatic N) is 1. The molecule has 1 fully saturated rings. The van der Waals surface area contributed by atoms with E-state index in [0.29, 0.717) is 19.4 Å². The van der Waals surface area contributed by atoms with E-state index in [2.05, 4.69) is 0 Å². The van der Waals surface area contributed by atoms with Gasteiger partial charge < -0.3 is 15.1 Å². The largest absolute Gasteiger partial charge is 0.481 e. The van der Waals surface area contributed by atoms with Crippen molar-refractivity contribution >= 4 is 17.8 Å². The number of hydrogen-bond donors (Lipinski definition) is 2. The van der Waals surface area contributed by atoms with Crippen LogP contribution in [-0.4, -0.2) is 46.0 Å². The predicted octanol–water partition coefficient (Wildman–Crippen LogP) is 0.420. The molecule has 0 unspecified atom stereocenters. The minimum absolute atomic E-state index is 0.126. The number of amides is 1. The van der Waals surface area contributed by atoms with Crippen LogP contribution in [0.5, 0.6) is 0 Å². The van der Waals surface area contributed by atoms with E-state index in [0.717, 1.165) is 4.90 Å². The molecule has 1 rings (SSSR count). The van der Waals surface area contributed by atoms with Gasteiger partial charge in [-0.05, 0) is 12.8 Å². The molecule has 0 aromatic carbocycles.